The molecule has 0 saturated heterocycles. The summed E-state index contributed by atoms with van der Waals surface area (Å²) < 4.78 is 0. The maximum Gasteiger partial charge on any atom is 0.268 e. The standard InChI is InChI=1S/C4H7N3O/c1-2-3(5)6-7-4(2)8/h1H3,(H4,5,6,7,8). The van der Waals surface area contributed by atoms with Crippen molar-refractivity contribution in [3.8, 4) is 0 Å². The van der Waals surface area contributed by atoms with Gasteiger partial charge in [-0.3, -0.25) is 15.0 Å². The largest absolute Gasteiger partial charge is 0.384 e. The van der Waals surface area contributed by atoms with E-state index in [1.807, 2.05) is 0 Å². The molecule has 44 valence electrons. The van der Waals surface area contributed by atoms with Crippen LogP contribution in [0.3, 0.4) is 0 Å². The Hall–Kier alpha value is -1.19. The molecule has 0 radical (unpaired) electrons. The van der Waals surface area contributed by atoms with Crippen LogP contribution in [0.25, 0.3) is 0 Å². The molecule has 1 heterocycles. The summed E-state index contributed by atoms with van der Waals surface area (Å²) in [5, 5.41) is 4.81. The highest BCUT2D eigenvalue weighted by Crippen LogP contribution is 1.94. The molecule has 0 atom stereocenters. The molecular weight excluding hydrogens is 106 g/mol. The topological polar surface area (TPSA) is 74.7 Å². The zero-order chi connectivity index (χ0) is 6.15. The van der Waals surface area contributed by atoms with Gasteiger partial charge in [0.05, 0.1) is 5.56 Å². The Morgan fingerprint density at radius 1 is 1.50 bits per heavy atom. The Morgan fingerprint density at radius 2 is 2.12 bits per heavy atom. The van der Waals surface area contributed by atoms with E-state index in [0.717, 1.165) is 0 Å². The second-order valence-corrected chi connectivity index (χ2v) is 1.62. The van der Waals surface area contributed by atoms with Crippen LogP contribution in [0.5, 0.6) is 0 Å². The first-order valence-corrected chi connectivity index (χ1v) is 2.24. The molecule has 0 spiro atoms. The molecule has 1 rings (SSSR count). The van der Waals surface area contributed by atoms with Crippen LogP contribution in [-0.2, 0) is 0 Å². The van der Waals surface area contributed by atoms with Crippen molar-refractivity contribution in [3.63, 3.8) is 0 Å². The van der Waals surface area contributed by atoms with Crippen LogP contribution in [-0.4, -0.2) is 10.2 Å². The number of nitrogen functional groups attached to an aromatic ring is 1. The van der Waals surface area contributed by atoms with Gasteiger partial charge in [0.25, 0.3) is 5.56 Å². The van der Waals surface area contributed by atoms with E-state index in [9.17, 15) is 4.79 Å². The first-order valence-electron chi connectivity index (χ1n) is 2.24. The van der Waals surface area contributed by atoms with Gasteiger partial charge in [0.1, 0.15) is 5.82 Å². The zero-order valence-electron chi connectivity index (χ0n) is 4.49. The predicted octanol–water partition coefficient (Wildman–Crippen LogP) is -0.406. The van der Waals surface area contributed by atoms with Gasteiger partial charge in [-0.25, -0.2) is 0 Å². The molecule has 1 aromatic rings. The average molecular weight is 113 g/mol. The summed E-state index contributed by atoms with van der Waals surface area (Å²) in [4.78, 5) is 10.5. The number of H-pyrrole nitrogens is 2. The van der Waals surface area contributed by atoms with E-state index in [0.29, 0.717) is 11.4 Å². The van der Waals surface area contributed by atoms with E-state index in [4.69, 9.17) is 5.73 Å². The zero-order valence-corrected chi connectivity index (χ0v) is 4.49. The van der Waals surface area contributed by atoms with Gasteiger partial charge in [0.15, 0.2) is 0 Å². The number of aromatic nitrogens is 2. The molecule has 0 fully saturated rings. The number of hydrogen-bond acceptors (Lipinski definition) is 2. The lowest BCUT2D eigenvalue weighted by Gasteiger charge is -1.79. The minimum atomic E-state index is -0.150. The Morgan fingerprint density at radius 3 is 2.25 bits per heavy atom. The highest BCUT2D eigenvalue weighted by molar-refractivity contribution is 5.34. The summed E-state index contributed by atoms with van der Waals surface area (Å²) >= 11 is 0. The van der Waals surface area contributed by atoms with Crippen molar-refractivity contribution in [2.75, 3.05) is 5.73 Å². The monoisotopic (exact) mass is 113 g/mol. The summed E-state index contributed by atoms with van der Waals surface area (Å²) in [6.45, 7) is 1.66. The molecule has 0 aromatic carbocycles. The van der Waals surface area contributed by atoms with Crippen molar-refractivity contribution in [1.29, 1.82) is 0 Å². The number of nitrogens with one attached hydrogen (secondary N) is 2. The van der Waals surface area contributed by atoms with Crippen LogP contribution in [0.1, 0.15) is 5.56 Å². The third-order valence-corrected chi connectivity index (χ3v) is 1.06. The summed E-state index contributed by atoms with van der Waals surface area (Å²) in [7, 11) is 0. The van der Waals surface area contributed by atoms with Gasteiger partial charge in [0, 0.05) is 0 Å². The molecule has 0 aliphatic carbocycles. The fourth-order valence-corrected chi connectivity index (χ4v) is 0.434. The number of aromatic amines is 2. The van der Waals surface area contributed by atoms with E-state index in [1.165, 1.54) is 0 Å². The summed E-state index contributed by atoms with van der Waals surface area (Å²) in [5.74, 6) is 0.412. The molecule has 4 heteroatoms. The van der Waals surface area contributed by atoms with E-state index in [-0.39, 0.29) is 5.56 Å². The van der Waals surface area contributed by atoms with E-state index >= 15 is 0 Å². The van der Waals surface area contributed by atoms with Crippen molar-refractivity contribution in [3.05, 3.63) is 15.9 Å². The first-order chi connectivity index (χ1) is 3.72. The molecule has 0 aliphatic rings. The Balaban J connectivity index is 3.41. The second-order valence-electron chi connectivity index (χ2n) is 1.62. The van der Waals surface area contributed by atoms with Crippen LogP contribution in [0.2, 0.25) is 0 Å². The fourth-order valence-electron chi connectivity index (χ4n) is 0.434. The van der Waals surface area contributed by atoms with Gasteiger partial charge in [-0.05, 0) is 6.92 Å². The number of nitrogens with two attached hydrogens (primary N) is 1. The number of rotatable bonds is 0. The van der Waals surface area contributed by atoms with Gasteiger partial charge >= 0.3 is 0 Å². The minimum absolute atomic E-state index is 0.150. The van der Waals surface area contributed by atoms with E-state index in [1.54, 1.807) is 6.92 Å². The summed E-state index contributed by atoms with van der Waals surface area (Å²) in [6, 6.07) is 0. The Kier molecular flexibility index (Phi) is 0.865. The normalized spacial score (nSPS) is 9.62. The molecule has 0 amide bonds. The molecule has 4 N–H and O–H groups in total. The fraction of sp³-hybridized carbons (Fsp3) is 0.250. The first kappa shape index (κ1) is 4.96. The summed E-state index contributed by atoms with van der Waals surface area (Å²) in [5.41, 5.74) is 5.65. The molecule has 0 saturated carbocycles. The van der Waals surface area contributed by atoms with Crippen molar-refractivity contribution in [2.45, 2.75) is 6.92 Å². The van der Waals surface area contributed by atoms with Crippen molar-refractivity contribution in [1.82, 2.24) is 10.2 Å². The lowest BCUT2D eigenvalue weighted by atomic mass is 10.4. The third-order valence-electron chi connectivity index (χ3n) is 1.06. The van der Waals surface area contributed by atoms with Gasteiger partial charge in [-0.1, -0.05) is 0 Å². The van der Waals surface area contributed by atoms with E-state index < -0.39 is 0 Å². The average Bonchev–Trinajstić information content (AvgIpc) is 1.98. The van der Waals surface area contributed by atoms with Gasteiger partial charge < -0.3 is 5.73 Å². The maximum absolute atomic E-state index is 10.5. The van der Waals surface area contributed by atoms with Gasteiger partial charge in [-0.2, -0.15) is 0 Å². The SMILES string of the molecule is Cc1c(N)[nH][nH]c1=O. The van der Waals surface area contributed by atoms with Crippen molar-refractivity contribution < 1.29 is 0 Å². The molecule has 0 unspecified atom stereocenters. The molecule has 4 nitrogen and oxygen atoms in total. The lowest BCUT2D eigenvalue weighted by molar-refractivity contribution is 1.06. The van der Waals surface area contributed by atoms with Crippen molar-refractivity contribution >= 4 is 5.82 Å². The molecule has 8 heavy (non-hydrogen) atoms. The summed E-state index contributed by atoms with van der Waals surface area (Å²) in [6.07, 6.45) is 0. The lowest BCUT2D eigenvalue weighted by Crippen LogP contribution is -2.01. The molecule has 1 aromatic heterocycles. The van der Waals surface area contributed by atoms with E-state index in [2.05, 4.69) is 10.2 Å². The second kappa shape index (κ2) is 1.40. The maximum atomic E-state index is 10.5. The minimum Gasteiger partial charge on any atom is -0.384 e. The highest BCUT2D eigenvalue weighted by Gasteiger charge is 1.96. The molecule has 0 aliphatic heterocycles. The number of anilines is 1. The highest BCUT2D eigenvalue weighted by atomic mass is 16.1. The van der Waals surface area contributed by atoms with Crippen LogP contribution >= 0.6 is 0 Å². The Labute approximate surface area is 45.7 Å². The number of hydrogen-bond donors (Lipinski definition) is 3. The van der Waals surface area contributed by atoms with Crippen LogP contribution in [0.15, 0.2) is 4.79 Å². The Bertz CT molecular complexity index is 234. The molecular formula is C4H7N3O. The van der Waals surface area contributed by atoms with Gasteiger partial charge in [0.2, 0.25) is 0 Å². The molecule has 0 bridgehead atoms. The predicted molar refractivity (Wildman–Crippen MR) is 30.6 cm³/mol. The van der Waals surface area contributed by atoms with Crippen molar-refractivity contribution in [2.24, 2.45) is 0 Å². The quantitative estimate of drug-likeness (QED) is 0.428. The van der Waals surface area contributed by atoms with Crippen LogP contribution < -0.4 is 11.3 Å². The van der Waals surface area contributed by atoms with Gasteiger partial charge in [-0.15, -0.1) is 0 Å². The smallest absolute Gasteiger partial charge is 0.268 e. The van der Waals surface area contributed by atoms with Crippen LogP contribution in [0.4, 0.5) is 5.82 Å². The third kappa shape index (κ3) is 0.501. The van der Waals surface area contributed by atoms with Crippen LogP contribution in [0, 0.1) is 6.92 Å².